The van der Waals surface area contributed by atoms with Crippen LogP contribution in [0.4, 0.5) is 0 Å². The minimum Gasteiger partial charge on any atom is -0.359 e. The minimum atomic E-state index is -4.70. The maximum absolute atomic E-state index is 12.0. The van der Waals surface area contributed by atoms with E-state index >= 15 is 0 Å². The third-order valence-corrected chi connectivity index (χ3v) is 7.68. The van der Waals surface area contributed by atoms with E-state index in [1.165, 1.54) is 12.8 Å². The first-order chi connectivity index (χ1) is 13.8. The summed E-state index contributed by atoms with van der Waals surface area (Å²) in [4.78, 5) is 2.42. The van der Waals surface area contributed by atoms with E-state index < -0.39 is 24.6 Å². The Balaban J connectivity index is 4.27. The number of hydrogen-bond donors (Lipinski definition) is 0. The standard InChI is InChI=1S/C19H38N2O6S2/c1-3-5-7-9-11-13-15-17-26-28(22,23)19(21-20)29(24,25)27-18-16-14-12-10-8-6-4-2/h3-18H2,1-2H3. The quantitative estimate of drug-likeness (QED) is 0.0734. The SMILES string of the molecule is CCCCCCCCCOS(=O)(=O)C(=[N+]=[N-])S(=O)(=O)OCCCCCCCCC. The van der Waals surface area contributed by atoms with Crippen LogP contribution in [0.3, 0.4) is 0 Å². The zero-order valence-electron chi connectivity index (χ0n) is 18.0. The molecule has 0 rings (SSSR count). The molecule has 0 aliphatic carbocycles. The third kappa shape index (κ3) is 13.9. The van der Waals surface area contributed by atoms with Gasteiger partial charge in [-0.3, -0.25) is 8.37 Å². The molecule has 0 aromatic carbocycles. The number of hydrogen-bond acceptors (Lipinski definition) is 6. The van der Waals surface area contributed by atoms with Crippen LogP contribution >= 0.6 is 0 Å². The molecule has 10 heteroatoms. The van der Waals surface area contributed by atoms with E-state index in [1.54, 1.807) is 0 Å². The van der Waals surface area contributed by atoms with Gasteiger partial charge in [-0.1, -0.05) is 90.9 Å². The molecule has 0 atom stereocenters. The molecule has 29 heavy (non-hydrogen) atoms. The van der Waals surface area contributed by atoms with Gasteiger partial charge in [-0.2, -0.15) is 16.8 Å². The molecule has 0 aromatic heterocycles. The van der Waals surface area contributed by atoms with Crippen LogP contribution in [0.1, 0.15) is 104 Å². The molecule has 0 aromatic rings. The highest BCUT2D eigenvalue weighted by Gasteiger charge is 2.44. The second-order valence-electron chi connectivity index (χ2n) is 7.16. The van der Waals surface area contributed by atoms with Crippen molar-refractivity contribution in [1.29, 1.82) is 0 Å². The smallest absolute Gasteiger partial charge is 0.359 e. The summed E-state index contributed by atoms with van der Waals surface area (Å²) in [5, 5.41) is 0. The first-order valence-corrected chi connectivity index (χ1v) is 13.6. The zero-order chi connectivity index (χ0) is 22.0. The fourth-order valence-electron chi connectivity index (χ4n) is 2.78. The van der Waals surface area contributed by atoms with Gasteiger partial charge in [0, 0.05) is 0 Å². The molecule has 0 spiro atoms. The van der Waals surface area contributed by atoms with Crippen molar-refractivity contribution in [1.82, 2.24) is 0 Å². The molecule has 8 nitrogen and oxygen atoms in total. The predicted octanol–water partition coefficient (Wildman–Crippen LogP) is 4.77. The van der Waals surface area contributed by atoms with Crippen LogP contribution < -0.4 is 0 Å². The van der Waals surface area contributed by atoms with Gasteiger partial charge >= 0.3 is 24.6 Å². The Morgan fingerprint density at radius 2 is 0.931 bits per heavy atom. The Bertz CT molecular complexity index is 619. The molecule has 0 heterocycles. The van der Waals surface area contributed by atoms with Crippen LogP contribution in [0.25, 0.3) is 5.53 Å². The molecular weight excluding hydrogens is 416 g/mol. The summed E-state index contributed by atoms with van der Waals surface area (Å²) in [5.41, 5.74) is 8.91. The van der Waals surface area contributed by atoms with Crippen molar-refractivity contribution < 1.29 is 30.0 Å². The molecule has 0 N–H and O–H groups in total. The highest BCUT2D eigenvalue weighted by molar-refractivity contribution is 8.27. The Morgan fingerprint density at radius 1 is 0.621 bits per heavy atom. The van der Waals surface area contributed by atoms with Crippen molar-refractivity contribution in [2.45, 2.75) is 104 Å². The molecule has 0 saturated carbocycles. The van der Waals surface area contributed by atoms with Crippen molar-refractivity contribution in [3.05, 3.63) is 5.53 Å². The fourth-order valence-corrected chi connectivity index (χ4v) is 5.15. The molecule has 0 saturated heterocycles. The Kier molecular flexibility index (Phi) is 16.5. The summed E-state index contributed by atoms with van der Waals surface area (Å²) < 4.78 is 56.1. The van der Waals surface area contributed by atoms with Crippen LogP contribution in [0.15, 0.2) is 0 Å². The maximum Gasteiger partial charge on any atom is 0.546 e. The molecule has 172 valence electrons. The van der Waals surface area contributed by atoms with Crippen molar-refractivity contribution in [3.63, 3.8) is 0 Å². The van der Waals surface area contributed by atoms with E-state index in [4.69, 9.17) is 13.9 Å². The van der Waals surface area contributed by atoms with Gasteiger partial charge in [0.2, 0.25) is 0 Å². The lowest BCUT2D eigenvalue weighted by Crippen LogP contribution is -2.29. The third-order valence-electron chi connectivity index (χ3n) is 4.48. The van der Waals surface area contributed by atoms with E-state index in [9.17, 15) is 16.8 Å². The normalized spacial score (nSPS) is 12.1. The Labute approximate surface area is 177 Å². The molecule has 0 bridgehead atoms. The van der Waals surface area contributed by atoms with Gasteiger partial charge in [0.05, 0.1) is 13.2 Å². The van der Waals surface area contributed by atoms with Gasteiger partial charge in [0.15, 0.2) is 0 Å². The average molecular weight is 455 g/mol. The van der Waals surface area contributed by atoms with Gasteiger partial charge in [0.1, 0.15) is 0 Å². The van der Waals surface area contributed by atoms with E-state index in [0.717, 1.165) is 64.2 Å². The summed E-state index contributed by atoms with van der Waals surface area (Å²) >= 11 is 0. The van der Waals surface area contributed by atoms with Crippen molar-refractivity contribution in [2.75, 3.05) is 13.2 Å². The largest absolute Gasteiger partial charge is 0.546 e. The first-order valence-electron chi connectivity index (χ1n) is 10.8. The molecule has 0 aliphatic rings. The molecule has 0 fully saturated rings. The molecule has 0 radical (unpaired) electrons. The molecular formula is C19H38N2O6S2. The second-order valence-corrected chi connectivity index (χ2v) is 10.5. The minimum absolute atomic E-state index is 0.164. The van der Waals surface area contributed by atoms with Gasteiger partial charge in [-0.25, -0.2) is 0 Å². The van der Waals surface area contributed by atoms with Gasteiger partial charge < -0.3 is 5.53 Å². The van der Waals surface area contributed by atoms with Gasteiger partial charge in [-0.15, -0.1) is 4.79 Å². The second kappa shape index (κ2) is 16.9. The lowest BCUT2D eigenvalue weighted by atomic mass is 10.1. The summed E-state index contributed by atoms with van der Waals surface area (Å²) in [6, 6.07) is 0. The number of unbranched alkanes of at least 4 members (excludes halogenated alkanes) is 12. The van der Waals surface area contributed by atoms with E-state index in [2.05, 4.69) is 18.6 Å². The van der Waals surface area contributed by atoms with Crippen molar-refractivity contribution in [3.8, 4) is 0 Å². The Morgan fingerprint density at radius 3 is 1.24 bits per heavy atom. The number of nitrogens with zero attached hydrogens (tertiary/aromatic N) is 2. The zero-order valence-corrected chi connectivity index (χ0v) is 19.6. The fraction of sp³-hybridized carbons (Fsp3) is 0.947. The average Bonchev–Trinajstić information content (AvgIpc) is 2.66. The summed E-state index contributed by atoms with van der Waals surface area (Å²) in [7, 11) is -9.40. The lowest BCUT2D eigenvalue weighted by molar-refractivity contribution is 0.00180. The van der Waals surface area contributed by atoms with Crippen molar-refractivity contribution >= 4 is 24.6 Å². The first kappa shape index (κ1) is 28.2. The Hall–Kier alpha value is -0.800. The van der Waals surface area contributed by atoms with E-state index in [1.807, 2.05) is 0 Å². The summed E-state index contributed by atoms with van der Waals surface area (Å²) in [5.74, 6) is 0. The van der Waals surface area contributed by atoms with Crippen LogP contribution in [-0.2, 0) is 28.6 Å². The number of rotatable bonds is 18. The van der Waals surface area contributed by atoms with Crippen LogP contribution in [0.2, 0.25) is 0 Å². The highest BCUT2D eigenvalue weighted by Crippen LogP contribution is 2.11. The molecule has 0 aliphatic heterocycles. The van der Waals surface area contributed by atoms with E-state index in [0.29, 0.717) is 12.8 Å². The topological polar surface area (TPSA) is 123 Å². The molecule has 0 unspecified atom stereocenters. The van der Waals surface area contributed by atoms with Crippen LogP contribution in [0, 0.1) is 0 Å². The van der Waals surface area contributed by atoms with E-state index in [-0.39, 0.29) is 13.2 Å². The summed E-state index contributed by atoms with van der Waals surface area (Å²) in [6.45, 7) is 3.93. The van der Waals surface area contributed by atoms with Crippen LogP contribution in [0.5, 0.6) is 0 Å². The predicted molar refractivity (Wildman–Crippen MR) is 114 cm³/mol. The maximum atomic E-state index is 12.0. The molecule has 0 amide bonds. The lowest BCUT2D eigenvalue weighted by Gasteiger charge is -2.05. The summed E-state index contributed by atoms with van der Waals surface area (Å²) in [6.07, 6.45) is 13.5. The van der Waals surface area contributed by atoms with Gasteiger partial charge in [0.25, 0.3) is 0 Å². The van der Waals surface area contributed by atoms with Gasteiger partial charge in [-0.05, 0) is 12.8 Å². The monoisotopic (exact) mass is 454 g/mol. The highest BCUT2D eigenvalue weighted by atomic mass is 32.3. The van der Waals surface area contributed by atoms with Crippen molar-refractivity contribution in [2.24, 2.45) is 0 Å². The van der Waals surface area contributed by atoms with Crippen LogP contribution in [-0.4, -0.2) is 39.2 Å².